The zero-order chi connectivity index (χ0) is 27.2. The summed E-state index contributed by atoms with van der Waals surface area (Å²) in [6, 6.07) is 9.69. The van der Waals surface area contributed by atoms with Gasteiger partial charge in [-0.05, 0) is 50.1 Å². The molecule has 7 nitrogen and oxygen atoms in total. The Morgan fingerprint density at radius 1 is 1.05 bits per heavy atom. The minimum Gasteiger partial charge on any atom is -0.350 e. The summed E-state index contributed by atoms with van der Waals surface area (Å²) in [7, 11) is -4.04. The summed E-state index contributed by atoms with van der Waals surface area (Å²) >= 11 is 18.7. The van der Waals surface area contributed by atoms with Crippen LogP contribution in [0.2, 0.25) is 15.1 Å². The van der Waals surface area contributed by atoms with Crippen LogP contribution in [-0.4, -0.2) is 49.3 Å². The van der Waals surface area contributed by atoms with E-state index < -0.39 is 27.2 Å². The van der Waals surface area contributed by atoms with Gasteiger partial charge in [0, 0.05) is 25.8 Å². The van der Waals surface area contributed by atoms with E-state index >= 15 is 0 Å². The maximum absolute atomic E-state index is 14.6. The molecule has 1 N–H and O–H groups in total. The first-order valence-electron chi connectivity index (χ1n) is 11.6. The molecule has 0 bridgehead atoms. The van der Waals surface area contributed by atoms with Gasteiger partial charge in [-0.15, -0.1) is 5.10 Å². The van der Waals surface area contributed by atoms with E-state index in [-0.39, 0.29) is 37.2 Å². The van der Waals surface area contributed by atoms with Crippen LogP contribution in [-0.2, 0) is 10.0 Å². The molecule has 2 aromatic carbocycles. The second-order valence-corrected chi connectivity index (χ2v) is 12.3. The van der Waals surface area contributed by atoms with Crippen molar-refractivity contribution in [3.05, 3.63) is 86.5 Å². The Labute approximate surface area is 234 Å². The van der Waals surface area contributed by atoms with E-state index in [1.165, 1.54) is 24.4 Å². The predicted molar refractivity (Wildman–Crippen MR) is 145 cm³/mol. The summed E-state index contributed by atoms with van der Waals surface area (Å²) in [4.78, 5) is 10.2. The lowest BCUT2D eigenvalue weighted by Gasteiger charge is -2.44. The Morgan fingerprint density at radius 2 is 1.71 bits per heavy atom. The van der Waals surface area contributed by atoms with Crippen LogP contribution < -0.4 is 9.73 Å². The number of piperazine rings is 1. The molecule has 2 aliphatic rings. The van der Waals surface area contributed by atoms with E-state index in [1.807, 2.05) is 16.7 Å². The maximum Gasteiger partial charge on any atom is 0.276 e. The number of hydrazone groups is 1. The molecule has 1 aliphatic heterocycles. The molecule has 0 radical (unpaired) electrons. The first kappa shape index (κ1) is 26.9. The van der Waals surface area contributed by atoms with Gasteiger partial charge in [-0.3, -0.25) is 0 Å². The van der Waals surface area contributed by atoms with Crippen molar-refractivity contribution in [3.63, 3.8) is 0 Å². The van der Waals surface area contributed by atoms with E-state index in [0.717, 1.165) is 30.5 Å². The van der Waals surface area contributed by atoms with Crippen LogP contribution in [0.3, 0.4) is 0 Å². The smallest absolute Gasteiger partial charge is 0.276 e. The lowest BCUT2D eigenvalue weighted by molar-refractivity contribution is 0.258. The minimum absolute atomic E-state index is 0.0214. The summed E-state index contributed by atoms with van der Waals surface area (Å²) in [6.45, 7) is 2.89. The molecule has 1 saturated carbocycles. The molecule has 5 rings (SSSR count). The fraction of sp³-hybridized carbons (Fsp3) is 0.280. The first-order valence-corrected chi connectivity index (χ1v) is 14.3. The van der Waals surface area contributed by atoms with Crippen molar-refractivity contribution in [1.82, 2.24) is 14.7 Å². The number of anilines is 1. The Morgan fingerprint density at radius 3 is 2.32 bits per heavy atom. The van der Waals surface area contributed by atoms with Gasteiger partial charge in [0.25, 0.3) is 10.0 Å². The molecular weight excluding hydrogens is 579 g/mol. The molecule has 1 aliphatic carbocycles. The molecule has 13 heteroatoms. The molecule has 1 spiro atoms. The highest BCUT2D eigenvalue weighted by Crippen LogP contribution is 2.47. The number of rotatable bonds is 5. The van der Waals surface area contributed by atoms with Gasteiger partial charge in [0.1, 0.15) is 5.82 Å². The lowest BCUT2D eigenvalue weighted by Crippen LogP contribution is -2.58. The summed E-state index contributed by atoms with van der Waals surface area (Å²) in [5.41, 5.74) is 0.580. The van der Waals surface area contributed by atoms with Crippen molar-refractivity contribution in [3.8, 4) is 0 Å². The second-order valence-electron chi connectivity index (χ2n) is 9.34. The lowest BCUT2D eigenvalue weighted by atomic mass is 10.1. The van der Waals surface area contributed by atoms with Crippen molar-refractivity contribution < 1.29 is 17.2 Å². The molecular formula is C25H22Cl3F2N5O2S. The number of amidine groups is 1. The Kier molecular flexibility index (Phi) is 7.19. The highest BCUT2D eigenvalue weighted by atomic mass is 35.5. The van der Waals surface area contributed by atoms with Crippen LogP contribution in [0.25, 0.3) is 0 Å². The Hall–Kier alpha value is -2.66. The summed E-state index contributed by atoms with van der Waals surface area (Å²) in [5.74, 6) is -0.848. The van der Waals surface area contributed by atoms with Gasteiger partial charge in [0.15, 0.2) is 17.5 Å². The first-order chi connectivity index (χ1) is 18.0. The maximum atomic E-state index is 14.6. The molecule has 200 valence electrons. The third-order valence-corrected chi connectivity index (χ3v) is 8.68. The van der Waals surface area contributed by atoms with Crippen molar-refractivity contribution >= 4 is 56.5 Å². The third kappa shape index (κ3) is 5.27. The molecule has 0 atom stereocenters. The van der Waals surface area contributed by atoms with Crippen LogP contribution >= 0.6 is 34.8 Å². The average molecular weight is 601 g/mol. The van der Waals surface area contributed by atoms with Crippen LogP contribution in [0.4, 0.5) is 14.6 Å². The highest BCUT2D eigenvalue weighted by molar-refractivity contribution is 7.89. The molecule has 2 fully saturated rings. The van der Waals surface area contributed by atoms with Gasteiger partial charge in [-0.25, -0.2) is 13.8 Å². The molecule has 38 heavy (non-hydrogen) atoms. The van der Waals surface area contributed by atoms with E-state index in [2.05, 4.69) is 14.9 Å². The van der Waals surface area contributed by atoms with Crippen LogP contribution in [0.15, 0.2) is 58.7 Å². The van der Waals surface area contributed by atoms with Gasteiger partial charge >= 0.3 is 0 Å². The number of hydrogen-bond acceptors (Lipinski definition) is 5. The monoisotopic (exact) mass is 599 g/mol. The van der Waals surface area contributed by atoms with Gasteiger partial charge < -0.3 is 9.80 Å². The zero-order valence-corrected chi connectivity index (χ0v) is 23.1. The van der Waals surface area contributed by atoms with Crippen LogP contribution in [0.5, 0.6) is 0 Å². The zero-order valence-electron chi connectivity index (χ0n) is 20.1. The Balaban J connectivity index is 1.53. The molecule has 2 heterocycles. The van der Waals surface area contributed by atoms with E-state index in [4.69, 9.17) is 34.8 Å². The third-order valence-electron chi connectivity index (χ3n) is 6.66. The van der Waals surface area contributed by atoms with E-state index in [9.17, 15) is 17.2 Å². The quantitative estimate of drug-likeness (QED) is 0.234. The molecule has 0 amide bonds. The number of pyridine rings is 1. The van der Waals surface area contributed by atoms with E-state index in [0.29, 0.717) is 19.6 Å². The highest BCUT2D eigenvalue weighted by Gasteiger charge is 2.53. The number of aromatic nitrogens is 1. The van der Waals surface area contributed by atoms with Crippen molar-refractivity contribution in [1.29, 1.82) is 0 Å². The number of sulfonamides is 1. The minimum atomic E-state index is -4.04. The number of nitrogens with one attached hydrogen (secondary N) is 1. The van der Waals surface area contributed by atoms with Gasteiger partial charge in [-0.1, -0.05) is 52.5 Å². The van der Waals surface area contributed by atoms with Gasteiger partial charge in [0.05, 0.1) is 31.1 Å². The normalized spacial score (nSPS) is 17.2. The van der Waals surface area contributed by atoms with Crippen molar-refractivity contribution in [2.75, 3.05) is 24.5 Å². The predicted octanol–water partition coefficient (Wildman–Crippen LogP) is 5.62. The van der Waals surface area contributed by atoms with Crippen molar-refractivity contribution in [2.24, 2.45) is 5.10 Å². The number of hydrogen-bond donors (Lipinski definition) is 1. The Bertz CT molecular complexity index is 1510. The molecule has 1 aromatic heterocycles. The topological polar surface area (TPSA) is 77.9 Å². The number of aryl methyl sites for hydroxylation is 1. The standard InChI is InChI=1S/C25H22Cl3F2N5O2S/c1-15-2-4-18(5-3-15)38(36,37)33-32-24(22-19(27)11-17(29)12-20(22)28)35-9-8-34(14-25(35)6-7-25)23-21(30)10-16(26)13-31-23/h2-5,10-13,33H,6-9,14H2,1H3/b32-24-. The van der Waals surface area contributed by atoms with Crippen LogP contribution in [0, 0.1) is 18.6 Å². The summed E-state index contributed by atoms with van der Waals surface area (Å²) in [5, 5.41) is 4.44. The largest absolute Gasteiger partial charge is 0.350 e. The van der Waals surface area contributed by atoms with Crippen molar-refractivity contribution in [2.45, 2.75) is 30.2 Å². The fourth-order valence-corrected chi connectivity index (χ4v) is 6.16. The van der Waals surface area contributed by atoms with Gasteiger partial charge in [-0.2, -0.15) is 13.2 Å². The fourth-order valence-electron chi connectivity index (χ4n) is 4.58. The molecule has 1 saturated heterocycles. The van der Waals surface area contributed by atoms with Crippen LogP contribution in [0.1, 0.15) is 24.0 Å². The second kappa shape index (κ2) is 10.1. The summed E-state index contributed by atoms with van der Waals surface area (Å²) in [6.07, 6.45) is 2.83. The SMILES string of the molecule is Cc1ccc(S(=O)(=O)N/N=C(/c2c(Cl)cc(F)cc2Cl)N2CCN(c3ncc(Cl)cc3F)CC23CC3)cc1. The number of nitrogens with zero attached hydrogens (tertiary/aromatic N) is 4. The number of benzene rings is 2. The summed E-state index contributed by atoms with van der Waals surface area (Å²) < 4.78 is 54.7. The van der Waals surface area contributed by atoms with Gasteiger partial charge in [0.2, 0.25) is 0 Å². The van der Waals surface area contributed by atoms with E-state index in [1.54, 1.807) is 12.1 Å². The molecule has 0 unspecified atom stereocenters. The average Bonchev–Trinajstić information content (AvgIpc) is 3.60. The molecule has 3 aromatic rings. The number of halogens is 5.